The molecule has 0 radical (unpaired) electrons. The van der Waals surface area contributed by atoms with E-state index >= 15 is 0 Å². The van der Waals surface area contributed by atoms with Crippen LogP contribution in [0.25, 0.3) is 10.9 Å². The molecule has 1 atom stereocenters. The molecular weight excluding hydrogens is 338 g/mol. The maximum absolute atomic E-state index is 10.9. The molecule has 134 valence electrons. The highest BCUT2D eigenvalue weighted by Crippen LogP contribution is 2.36. The third-order valence-electron chi connectivity index (χ3n) is 4.47. The van der Waals surface area contributed by atoms with Crippen LogP contribution in [0.4, 0.5) is 5.82 Å². The number of nitrogens with zero attached hydrogens (tertiary/aromatic N) is 2. The first kappa shape index (κ1) is 16.8. The number of nitrogens with one attached hydrogen (secondary N) is 1. The van der Waals surface area contributed by atoms with Crippen molar-refractivity contribution in [2.75, 3.05) is 12.4 Å². The zero-order chi connectivity index (χ0) is 18.6. The van der Waals surface area contributed by atoms with Crippen LogP contribution in [0.3, 0.4) is 0 Å². The number of methoxy groups -OCH3 is 1. The molecule has 0 spiro atoms. The molecule has 2 heterocycles. The van der Waals surface area contributed by atoms with E-state index in [-0.39, 0.29) is 11.8 Å². The predicted molar refractivity (Wildman–Crippen MR) is 106 cm³/mol. The molecule has 2 aromatic carbocycles. The summed E-state index contributed by atoms with van der Waals surface area (Å²) in [6.07, 6.45) is 3.41. The number of aromatic hydroxyl groups is 1. The normalized spacial score (nSPS) is 11.9. The number of pyridine rings is 2. The minimum Gasteiger partial charge on any atom is -0.505 e. The summed E-state index contributed by atoms with van der Waals surface area (Å²) in [4.78, 5) is 8.70. The van der Waals surface area contributed by atoms with Crippen LogP contribution in [-0.4, -0.2) is 22.2 Å². The molecule has 2 aromatic heterocycles. The fourth-order valence-electron chi connectivity index (χ4n) is 3.14. The van der Waals surface area contributed by atoms with Crippen molar-refractivity contribution in [1.82, 2.24) is 9.97 Å². The number of phenolic OH excluding ortho intramolecular Hbond substituents is 1. The highest BCUT2D eigenvalue weighted by Gasteiger charge is 2.20. The van der Waals surface area contributed by atoms with Crippen molar-refractivity contribution >= 4 is 16.7 Å². The maximum atomic E-state index is 10.9. The number of phenols is 1. The molecule has 27 heavy (non-hydrogen) atoms. The van der Waals surface area contributed by atoms with Crippen molar-refractivity contribution in [1.29, 1.82) is 0 Å². The van der Waals surface area contributed by atoms with E-state index < -0.39 is 0 Å². The number of ether oxygens (including phenoxy) is 1. The number of hydrogen-bond acceptors (Lipinski definition) is 5. The van der Waals surface area contributed by atoms with Gasteiger partial charge in [-0.2, -0.15) is 0 Å². The highest BCUT2D eigenvalue weighted by atomic mass is 16.5. The Kier molecular flexibility index (Phi) is 4.58. The van der Waals surface area contributed by atoms with Crippen LogP contribution in [0.1, 0.15) is 17.2 Å². The fraction of sp³-hybridized carbons (Fsp3) is 0.0909. The van der Waals surface area contributed by atoms with E-state index in [1.807, 2.05) is 66.7 Å². The SMILES string of the molecule is COc1cccc([C@H](Nc2ccccn2)c2ccc3cccnc3c2O)c1. The molecule has 2 N–H and O–H groups in total. The summed E-state index contributed by atoms with van der Waals surface area (Å²) in [5.41, 5.74) is 2.25. The number of rotatable bonds is 5. The van der Waals surface area contributed by atoms with Gasteiger partial charge in [-0.25, -0.2) is 4.98 Å². The molecule has 0 aliphatic heterocycles. The summed E-state index contributed by atoms with van der Waals surface area (Å²) >= 11 is 0. The second-order valence-corrected chi connectivity index (χ2v) is 6.15. The second kappa shape index (κ2) is 7.33. The molecule has 0 bridgehead atoms. The minimum absolute atomic E-state index is 0.157. The standard InChI is InChI=1S/C22H19N3O2/c1-27-17-8-4-6-16(14-17)20(25-19-9-2-3-12-23-19)18-11-10-15-7-5-13-24-21(15)22(18)26/h2-14,20,26H,1H3,(H,23,25)/t20-/m0/s1. The number of hydrogen-bond donors (Lipinski definition) is 2. The van der Waals surface area contributed by atoms with Crippen LogP contribution in [0.15, 0.2) is 79.1 Å². The molecule has 0 fully saturated rings. The predicted octanol–water partition coefficient (Wildman–Crippen LogP) is 4.55. The van der Waals surface area contributed by atoms with Crippen molar-refractivity contribution < 1.29 is 9.84 Å². The monoisotopic (exact) mass is 357 g/mol. The summed E-state index contributed by atoms with van der Waals surface area (Å²) in [5, 5.41) is 15.2. The zero-order valence-electron chi connectivity index (χ0n) is 14.8. The first-order chi connectivity index (χ1) is 13.3. The molecule has 4 rings (SSSR count). The zero-order valence-corrected chi connectivity index (χ0v) is 14.8. The van der Waals surface area contributed by atoms with E-state index in [4.69, 9.17) is 4.74 Å². The Morgan fingerprint density at radius 3 is 2.63 bits per heavy atom. The van der Waals surface area contributed by atoms with Gasteiger partial charge in [0.25, 0.3) is 0 Å². The highest BCUT2D eigenvalue weighted by molar-refractivity contribution is 5.86. The van der Waals surface area contributed by atoms with Crippen LogP contribution in [-0.2, 0) is 0 Å². The van der Waals surface area contributed by atoms with Crippen LogP contribution in [0.5, 0.6) is 11.5 Å². The summed E-state index contributed by atoms with van der Waals surface area (Å²) in [5.74, 6) is 1.62. The fourth-order valence-corrected chi connectivity index (χ4v) is 3.14. The molecule has 0 unspecified atom stereocenters. The largest absolute Gasteiger partial charge is 0.505 e. The van der Waals surface area contributed by atoms with Gasteiger partial charge in [0.15, 0.2) is 0 Å². The molecule has 4 aromatic rings. The maximum Gasteiger partial charge on any atom is 0.147 e. The Hall–Kier alpha value is -3.60. The van der Waals surface area contributed by atoms with Crippen molar-refractivity contribution in [3.63, 3.8) is 0 Å². The average Bonchev–Trinajstić information content (AvgIpc) is 2.74. The van der Waals surface area contributed by atoms with Gasteiger partial charge < -0.3 is 15.2 Å². The van der Waals surface area contributed by atoms with Gasteiger partial charge in [0.1, 0.15) is 22.8 Å². The van der Waals surface area contributed by atoms with Crippen molar-refractivity contribution in [2.45, 2.75) is 6.04 Å². The van der Waals surface area contributed by atoms with Gasteiger partial charge in [-0.3, -0.25) is 4.98 Å². The van der Waals surface area contributed by atoms with Crippen LogP contribution in [0, 0.1) is 0 Å². The first-order valence-corrected chi connectivity index (χ1v) is 8.64. The third-order valence-corrected chi connectivity index (χ3v) is 4.47. The molecule has 0 aliphatic rings. The van der Waals surface area contributed by atoms with Gasteiger partial charge in [0, 0.05) is 23.3 Å². The molecular formula is C22H19N3O2. The van der Waals surface area contributed by atoms with E-state index in [0.717, 1.165) is 22.3 Å². The summed E-state index contributed by atoms with van der Waals surface area (Å²) in [7, 11) is 1.64. The Morgan fingerprint density at radius 1 is 0.926 bits per heavy atom. The van der Waals surface area contributed by atoms with Gasteiger partial charge in [0.2, 0.25) is 0 Å². The van der Waals surface area contributed by atoms with E-state index in [9.17, 15) is 5.11 Å². The summed E-state index contributed by atoms with van der Waals surface area (Å²) in [6.45, 7) is 0. The molecule has 0 saturated carbocycles. The Balaban J connectivity index is 1.86. The summed E-state index contributed by atoms with van der Waals surface area (Å²) < 4.78 is 5.37. The first-order valence-electron chi connectivity index (χ1n) is 8.64. The van der Waals surface area contributed by atoms with Gasteiger partial charge in [-0.05, 0) is 35.9 Å². The van der Waals surface area contributed by atoms with Gasteiger partial charge in [-0.1, -0.05) is 36.4 Å². The van der Waals surface area contributed by atoms with Crippen molar-refractivity contribution in [3.8, 4) is 11.5 Å². The van der Waals surface area contributed by atoms with E-state index in [1.165, 1.54) is 0 Å². The Labute approximate surface area is 157 Å². The lowest BCUT2D eigenvalue weighted by atomic mass is 9.96. The smallest absolute Gasteiger partial charge is 0.147 e. The van der Waals surface area contributed by atoms with Gasteiger partial charge >= 0.3 is 0 Å². The molecule has 0 saturated heterocycles. The van der Waals surface area contributed by atoms with Crippen LogP contribution in [0.2, 0.25) is 0 Å². The Morgan fingerprint density at radius 2 is 1.81 bits per heavy atom. The summed E-state index contributed by atoms with van der Waals surface area (Å²) in [6, 6.07) is 20.8. The van der Waals surface area contributed by atoms with E-state index in [2.05, 4.69) is 15.3 Å². The number of aromatic nitrogens is 2. The molecule has 0 amide bonds. The Bertz CT molecular complexity index is 1070. The van der Waals surface area contributed by atoms with E-state index in [0.29, 0.717) is 11.3 Å². The lowest BCUT2D eigenvalue weighted by molar-refractivity contribution is 0.414. The number of fused-ring (bicyclic) bond motifs is 1. The van der Waals surface area contributed by atoms with E-state index in [1.54, 1.807) is 19.5 Å². The minimum atomic E-state index is -0.318. The topological polar surface area (TPSA) is 67.3 Å². The second-order valence-electron chi connectivity index (χ2n) is 6.15. The lowest BCUT2D eigenvalue weighted by Crippen LogP contribution is -2.13. The quantitative estimate of drug-likeness (QED) is 0.549. The van der Waals surface area contributed by atoms with Gasteiger partial charge in [-0.15, -0.1) is 0 Å². The molecule has 0 aliphatic carbocycles. The average molecular weight is 357 g/mol. The number of benzene rings is 2. The molecule has 5 nitrogen and oxygen atoms in total. The third kappa shape index (κ3) is 3.40. The van der Waals surface area contributed by atoms with Crippen LogP contribution >= 0.6 is 0 Å². The van der Waals surface area contributed by atoms with Crippen molar-refractivity contribution in [2.24, 2.45) is 0 Å². The molecule has 5 heteroatoms. The van der Waals surface area contributed by atoms with Crippen molar-refractivity contribution in [3.05, 3.63) is 90.3 Å². The van der Waals surface area contributed by atoms with Crippen LogP contribution < -0.4 is 10.1 Å². The number of anilines is 1. The van der Waals surface area contributed by atoms with Gasteiger partial charge in [0.05, 0.1) is 13.2 Å². The lowest BCUT2D eigenvalue weighted by Gasteiger charge is -2.22.